The molecule has 3 rings (SSSR count). The van der Waals surface area contributed by atoms with Crippen LogP contribution in [0, 0.1) is 0 Å². The fourth-order valence-electron chi connectivity index (χ4n) is 2.69. The summed E-state index contributed by atoms with van der Waals surface area (Å²) in [5.74, 6) is 2.45. The van der Waals surface area contributed by atoms with Gasteiger partial charge >= 0.3 is 0 Å². The van der Waals surface area contributed by atoms with Crippen LogP contribution in [0.25, 0.3) is 0 Å². The Morgan fingerprint density at radius 1 is 1.19 bits per heavy atom. The molecule has 2 aliphatic heterocycles. The van der Waals surface area contributed by atoms with Crippen LogP contribution in [0.1, 0.15) is 36.8 Å². The van der Waals surface area contributed by atoms with E-state index in [9.17, 15) is 4.39 Å². The van der Waals surface area contributed by atoms with Crippen molar-refractivity contribution >= 4 is 0 Å². The van der Waals surface area contributed by atoms with Crippen molar-refractivity contribution in [2.75, 3.05) is 13.1 Å². The van der Waals surface area contributed by atoms with Crippen LogP contribution in [0.3, 0.4) is 0 Å². The molecule has 0 saturated carbocycles. The van der Waals surface area contributed by atoms with Crippen molar-refractivity contribution in [3.8, 4) is 0 Å². The van der Waals surface area contributed by atoms with E-state index in [1.807, 2.05) is 4.57 Å². The van der Waals surface area contributed by atoms with Gasteiger partial charge < -0.3 is 9.88 Å². The van der Waals surface area contributed by atoms with Crippen molar-refractivity contribution in [2.45, 2.75) is 44.3 Å². The van der Waals surface area contributed by atoms with E-state index in [1.165, 1.54) is 0 Å². The highest BCUT2D eigenvalue weighted by Gasteiger charge is 2.27. The van der Waals surface area contributed by atoms with Crippen LogP contribution < -0.4 is 5.32 Å². The lowest BCUT2D eigenvalue weighted by atomic mass is 9.97. The highest BCUT2D eigenvalue weighted by Crippen LogP contribution is 2.27. The summed E-state index contributed by atoms with van der Waals surface area (Å²) < 4.78 is 15.4. The molecule has 0 amide bonds. The van der Waals surface area contributed by atoms with Gasteiger partial charge in [0.05, 0.1) is 6.54 Å². The molecule has 88 valence electrons. The van der Waals surface area contributed by atoms with E-state index in [0.29, 0.717) is 18.9 Å². The Morgan fingerprint density at radius 2 is 2.00 bits per heavy atom. The van der Waals surface area contributed by atoms with Gasteiger partial charge in [-0.15, -0.1) is 10.2 Å². The van der Waals surface area contributed by atoms with Gasteiger partial charge in [-0.25, -0.2) is 4.39 Å². The van der Waals surface area contributed by atoms with E-state index in [0.717, 1.165) is 44.0 Å². The number of hydrogen-bond acceptors (Lipinski definition) is 3. The molecule has 4 nitrogen and oxygen atoms in total. The van der Waals surface area contributed by atoms with Crippen LogP contribution in [0.4, 0.5) is 4.39 Å². The number of fused-ring (bicyclic) bond motifs is 1. The molecule has 3 heterocycles. The quantitative estimate of drug-likeness (QED) is 0.774. The second-order valence-electron chi connectivity index (χ2n) is 4.75. The van der Waals surface area contributed by atoms with Gasteiger partial charge in [0, 0.05) is 12.3 Å². The number of rotatable bonds is 1. The molecule has 1 aromatic heterocycles. The topological polar surface area (TPSA) is 42.7 Å². The minimum atomic E-state index is -0.719. The number of aromatic nitrogens is 3. The SMILES string of the molecule is FC1CCc2nnc(C3CCNCC3)n2C1. The normalized spacial score (nSPS) is 26.7. The third-order valence-corrected chi connectivity index (χ3v) is 3.62. The molecule has 16 heavy (non-hydrogen) atoms. The first-order valence-electron chi connectivity index (χ1n) is 6.11. The van der Waals surface area contributed by atoms with Crippen molar-refractivity contribution in [3.05, 3.63) is 11.6 Å². The average Bonchev–Trinajstić information content (AvgIpc) is 2.73. The zero-order valence-electron chi connectivity index (χ0n) is 9.32. The maximum absolute atomic E-state index is 13.4. The Kier molecular flexibility index (Phi) is 2.63. The summed E-state index contributed by atoms with van der Waals surface area (Å²) in [6, 6.07) is 0. The van der Waals surface area contributed by atoms with Crippen LogP contribution in [0.5, 0.6) is 0 Å². The number of nitrogens with zero attached hydrogens (tertiary/aromatic N) is 3. The number of alkyl halides is 1. The van der Waals surface area contributed by atoms with Crippen molar-refractivity contribution in [2.24, 2.45) is 0 Å². The zero-order chi connectivity index (χ0) is 11.0. The number of piperidine rings is 1. The maximum atomic E-state index is 13.4. The molecular weight excluding hydrogens is 207 g/mol. The van der Waals surface area contributed by atoms with Crippen molar-refractivity contribution in [1.82, 2.24) is 20.1 Å². The first-order valence-corrected chi connectivity index (χ1v) is 6.11. The molecule has 1 saturated heterocycles. The molecule has 0 spiro atoms. The highest BCUT2D eigenvalue weighted by atomic mass is 19.1. The molecule has 1 fully saturated rings. The van der Waals surface area contributed by atoms with Crippen LogP contribution in [0.15, 0.2) is 0 Å². The lowest BCUT2D eigenvalue weighted by Crippen LogP contribution is -2.30. The minimum Gasteiger partial charge on any atom is -0.317 e. The molecular formula is C11H17FN4. The van der Waals surface area contributed by atoms with Crippen LogP contribution in [0.2, 0.25) is 0 Å². The van der Waals surface area contributed by atoms with E-state index in [2.05, 4.69) is 15.5 Å². The predicted octanol–water partition coefficient (Wildman–Crippen LogP) is 1.03. The molecule has 0 aliphatic carbocycles. The molecule has 0 radical (unpaired) electrons. The van der Waals surface area contributed by atoms with Crippen molar-refractivity contribution in [1.29, 1.82) is 0 Å². The molecule has 2 aliphatic rings. The van der Waals surface area contributed by atoms with Gasteiger partial charge in [0.2, 0.25) is 0 Å². The largest absolute Gasteiger partial charge is 0.317 e. The van der Waals surface area contributed by atoms with Crippen molar-refractivity contribution in [3.63, 3.8) is 0 Å². The van der Waals surface area contributed by atoms with Gasteiger partial charge in [-0.05, 0) is 32.4 Å². The van der Waals surface area contributed by atoms with Crippen LogP contribution in [-0.2, 0) is 13.0 Å². The summed E-state index contributed by atoms with van der Waals surface area (Å²) in [6.45, 7) is 2.53. The Balaban J connectivity index is 1.86. The number of aryl methyl sites for hydroxylation is 1. The summed E-state index contributed by atoms with van der Waals surface area (Å²) in [5, 5.41) is 11.8. The minimum absolute atomic E-state index is 0.460. The molecule has 1 atom stereocenters. The van der Waals surface area contributed by atoms with Gasteiger partial charge in [0.1, 0.15) is 17.8 Å². The molecule has 0 aromatic carbocycles. The fraction of sp³-hybridized carbons (Fsp3) is 0.818. The van der Waals surface area contributed by atoms with E-state index in [-0.39, 0.29) is 0 Å². The number of nitrogens with one attached hydrogen (secondary N) is 1. The number of halogens is 1. The first kappa shape index (κ1) is 10.2. The third-order valence-electron chi connectivity index (χ3n) is 3.62. The maximum Gasteiger partial charge on any atom is 0.136 e. The van der Waals surface area contributed by atoms with E-state index in [4.69, 9.17) is 0 Å². The van der Waals surface area contributed by atoms with Gasteiger partial charge in [-0.1, -0.05) is 0 Å². The smallest absolute Gasteiger partial charge is 0.136 e. The Labute approximate surface area is 94.2 Å². The fourth-order valence-corrected chi connectivity index (χ4v) is 2.69. The molecule has 0 bridgehead atoms. The lowest BCUT2D eigenvalue weighted by molar-refractivity contribution is 0.247. The standard InChI is InChI=1S/C11H17FN4/c12-9-1-2-10-14-15-11(16(10)7-9)8-3-5-13-6-4-8/h8-9,13H,1-7H2. The highest BCUT2D eigenvalue weighted by molar-refractivity contribution is 5.06. The van der Waals surface area contributed by atoms with E-state index in [1.54, 1.807) is 0 Å². The first-order chi connectivity index (χ1) is 7.84. The third kappa shape index (κ3) is 1.73. The van der Waals surface area contributed by atoms with Crippen LogP contribution >= 0.6 is 0 Å². The Morgan fingerprint density at radius 3 is 2.81 bits per heavy atom. The Hall–Kier alpha value is -0.970. The van der Waals surface area contributed by atoms with E-state index < -0.39 is 6.17 Å². The van der Waals surface area contributed by atoms with Gasteiger partial charge in [0.15, 0.2) is 0 Å². The summed E-state index contributed by atoms with van der Waals surface area (Å²) in [6.07, 6.45) is 2.80. The van der Waals surface area contributed by atoms with Crippen LogP contribution in [-0.4, -0.2) is 34.0 Å². The van der Waals surface area contributed by atoms with Gasteiger partial charge in [-0.2, -0.15) is 0 Å². The molecule has 1 unspecified atom stereocenters. The van der Waals surface area contributed by atoms with Gasteiger partial charge in [-0.3, -0.25) is 0 Å². The monoisotopic (exact) mass is 224 g/mol. The van der Waals surface area contributed by atoms with Crippen molar-refractivity contribution < 1.29 is 4.39 Å². The summed E-state index contributed by atoms with van der Waals surface area (Å²) in [7, 11) is 0. The molecule has 1 N–H and O–H groups in total. The second kappa shape index (κ2) is 4.13. The lowest BCUT2D eigenvalue weighted by Gasteiger charge is -2.25. The molecule has 1 aromatic rings. The molecule has 5 heteroatoms. The predicted molar refractivity (Wildman–Crippen MR) is 58.1 cm³/mol. The summed E-state index contributed by atoms with van der Waals surface area (Å²) >= 11 is 0. The van der Waals surface area contributed by atoms with Gasteiger partial charge in [0.25, 0.3) is 0 Å². The zero-order valence-corrected chi connectivity index (χ0v) is 9.32. The van der Waals surface area contributed by atoms with E-state index >= 15 is 0 Å². The Bertz CT molecular complexity index is 370. The average molecular weight is 224 g/mol. The summed E-state index contributed by atoms with van der Waals surface area (Å²) in [5.41, 5.74) is 0. The number of hydrogen-bond donors (Lipinski definition) is 1. The summed E-state index contributed by atoms with van der Waals surface area (Å²) in [4.78, 5) is 0. The second-order valence-corrected chi connectivity index (χ2v) is 4.75.